The third-order valence-corrected chi connectivity index (χ3v) is 4.68. The first-order chi connectivity index (χ1) is 12.3. The van der Waals surface area contributed by atoms with E-state index in [9.17, 15) is 26.4 Å². The van der Waals surface area contributed by atoms with Gasteiger partial charge in [-0.1, -0.05) is 0 Å². The van der Waals surface area contributed by atoms with Gasteiger partial charge in [0.25, 0.3) is 15.9 Å². The van der Waals surface area contributed by atoms with Crippen LogP contribution in [0.15, 0.2) is 41.3 Å². The number of carbonyl (C=O) groups is 1. The zero-order valence-corrected chi connectivity index (χ0v) is 14.4. The topological polar surface area (TPSA) is 84.5 Å². The number of benzene rings is 2. The van der Waals surface area contributed by atoms with Crippen LogP contribution in [0.2, 0.25) is 0 Å². The van der Waals surface area contributed by atoms with Crippen molar-refractivity contribution >= 4 is 21.6 Å². The number of halogens is 3. The molecule has 0 bridgehead atoms. The van der Waals surface area contributed by atoms with Crippen molar-refractivity contribution in [3.8, 4) is 0 Å². The molecule has 6 nitrogen and oxygen atoms in total. The Hall–Kier alpha value is -2.59. The smallest absolute Gasteiger partial charge is 0.261 e. The van der Waals surface area contributed by atoms with Gasteiger partial charge in [0.2, 0.25) is 0 Å². The summed E-state index contributed by atoms with van der Waals surface area (Å²) in [5.41, 5.74) is -0.524. The molecule has 0 radical (unpaired) electrons. The van der Waals surface area contributed by atoms with E-state index in [4.69, 9.17) is 4.74 Å². The SMILES string of the molecule is COCCNC(=O)c1ccc(S(=O)(=O)Nc2ccc(F)c(F)c2F)cc1. The van der Waals surface area contributed by atoms with Crippen LogP contribution in [0, 0.1) is 17.5 Å². The van der Waals surface area contributed by atoms with Crippen molar-refractivity contribution in [3.63, 3.8) is 0 Å². The number of methoxy groups -OCH3 is 1. The summed E-state index contributed by atoms with van der Waals surface area (Å²) in [6.07, 6.45) is 0. The van der Waals surface area contributed by atoms with Crippen LogP contribution in [-0.4, -0.2) is 34.6 Å². The maximum atomic E-state index is 13.6. The Bertz CT molecular complexity index is 902. The highest BCUT2D eigenvalue weighted by atomic mass is 32.2. The first-order valence-corrected chi connectivity index (χ1v) is 8.78. The number of sulfonamides is 1. The van der Waals surface area contributed by atoms with E-state index in [1.807, 2.05) is 4.72 Å². The number of hydrogen-bond acceptors (Lipinski definition) is 4. The van der Waals surface area contributed by atoms with E-state index in [1.165, 1.54) is 19.2 Å². The van der Waals surface area contributed by atoms with E-state index in [0.29, 0.717) is 12.7 Å². The van der Waals surface area contributed by atoms with Gasteiger partial charge in [0.05, 0.1) is 17.2 Å². The number of ether oxygens (including phenoxy) is 1. The highest BCUT2D eigenvalue weighted by Gasteiger charge is 2.20. The maximum absolute atomic E-state index is 13.6. The number of hydrogen-bond donors (Lipinski definition) is 2. The molecule has 140 valence electrons. The maximum Gasteiger partial charge on any atom is 0.261 e. The van der Waals surface area contributed by atoms with E-state index in [1.54, 1.807) is 0 Å². The van der Waals surface area contributed by atoms with Crippen LogP contribution in [0.3, 0.4) is 0 Å². The lowest BCUT2D eigenvalue weighted by Crippen LogP contribution is -2.27. The largest absolute Gasteiger partial charge is 0.383 e. The average Bonchev–Trinajstić information content (AvgIpc) is 2.62. The van der Waals surface area contributed by atoms with Crippen molar-refractivity contribution in [2.45, 2.75) is 4.90 Å². The molecule has 1 amide bonds. The molecule has 2 rings (SSSR count). The molecule has 0 saturated heterocycles. The summed E-state index contributed by atoms with van der Waals surface area (Å²) >= 11 is 0. The Morgan fingerprint density at radius 3 is 2.31 bits per heavy atom. The minimum Gasteiger partial charge on any atom is -0.383 e. The molecule has 0 unspecified atom stereocenters. The standard InChI is InChI=1S/C16H15F3N2O4S/c1-25-9-8-20-16(22)10-2-4-11(5-3-10)26(23,24)21-13-7-6-12(17)14(18)15(13)19/h2-7,21H,8-9H2,1H3,(H,20,22). The Morgan fingerprint density at radius 2 is 1.69 bits per heavy atom. The quantitative estimate of drug-likeness (QED) is 0.563. The van der Waals surface area contributed by atoms with Crippen LogP contribution in [0.4, 0.5) is 18.9 Å². The molecule has 0 fully saturated rings. The summed E-state index contributed by atoms with van der Waals surface area (Å²) in [5.74, 6) is -5.30. The number of anilines is 1. The van der Waals surface area contributed by atoms with Crippen LogP contribution >= 0.6 is 0 Å². The summed E-state index contributed by atoms with van der Waals surface area (Å²) in [7, 11) is -2.78. The van der Waals surface area contributed by atoms with Crippen LogP contribution < -0.4 is 10.0 Å². The van der Waals surface area contributed by atoms with Gasteiger partial charge in [-0.2, -0.15) is 0 Å². The summed E-state index contributed by atoms with van der Waals surface area (Å²) < 4.78 is 70.8. The van der Waals surface area contributed by atoms with Crippen molar-refractivity contribution in [2.75, 3.05) is 25.0 Å². The number of carbonyl (C=O) groups excluding carboxylic acids is 1. The first kappa shape index (κ1) is 19.7. The molecule has 0 saturated carbocycles. The predicted molar refractivity (Wildman–Crippen MR) is 87.8 cm³/mol. The van der Waals surface area contributed by atoms with E-state index < -0.39 is 39.1 Å². The van der Waals surface area contributed by atoms with Crippen molar-refractivity contribution in [1.82, 2.24) is 5.32 Å². The molecule has 2 aromatic carbocycles. The Labute approximate surface area is 148 Å². The average molecular weight is 388 g/mol. The Kier molecular flexibility index (Phi) is 6.22. The second-order valence-corrected chi connectivity index (χ2v) is 6.78. The second kappa shape index (κ2) is 8.19. The minimum atomic E-state index is -4.26. The van der Waals surface area contributed by atoms with Crippen molar-refractivity contribution in [3.05, 3.63) is 59.4 Å². The second-order valence-electron chi connectivity index (χ2n) is 5.10. The van der Waals surface area contributed by atoms with Gasteiger partial charge in [-0.15, -0.1) is 0 Å². The predicted octanol–water partition coefficient (Wildman–Crippen LogP) is 2.28. The fourth-order valence-electron chi connectivity index (χ4n) is 1.96. The molecule has 0 aliphatic rings. The van der Waals surface area contributed by atoms with Crippen molar-refractivity contribution < 1.29 is 31.1 Å². The first-order valence-electron chi connectivity index (χ1n) is 7.30. The molecule has 0 aliphatic carbocycles. The van der Waals surface area contributed by atoms with Crippen LogP contribution in [0.5, 0.6) is 0 Å². The lowest BCUT2D eigenvalue weighted by Gasteiger charge is -2.10. The third-order valence-electron chi connectivity index (χ3n) is 3.30. The lowest BCUT2D eigenvalue weighted by molar-refractivity contribution is 0.0937. The molecule has 10 heteroatoms. The molecule has 0 spiro atoms. The molecule has 2 N–H and O–H groups in total. The molecule has 2 aromatic rings. The van der Waals surface area contributed by atoms with Crippen molar-refractivity contribution in [1.29, 1.82) is 0 Å². The van der Waals surface area contributed by atoms with Gasteiger partial charge in [0, 0.05) is 19.2 Å². The van der Waals surface area contributed by atoms with Gasteiger partial charge < -0.3 is 10.1 Å². The van der Waals surface area contributed by atoms with Gasteiger partial charge in [-0.05, 0) is 36.4 Å². The van der Waals surface area contributed by atoms with E-state index in [-0.39, 0.29) is 17.0 Å². The fraction of sp³-hybridized carbons (Fsp3) is 0.188. The van der Waals surface area contributed by atoms with Gasteiger partial charge in [-0.3, -0.25) is 9.52 Å². The third kappa shape index (κ3) is 4.52. The lowest BCUT2D eigenvalue weighted by atomic mass is 10.2. The highest BCUT2D eigenvalue weighted by molar-refractivity contribution is 7.92. The van der Waals surface area contributed by atoms with Crippen LogP contribution in [0.25, 0.3) is 0 Å². The van der Waals surface area contributed by atoms with Gasteiger partial charge in [0.1, 0.15) is 0 Å². The fourth-order valence-corrected chi connectivity index (χ4v) is 3.02. The zero-order chi connectivity index (χ0) is 19.3. The van der Waals surface area contributed by atoms with Gasteiger partial charge >= 0.3 is 0 Å². The molecular formula is C16H15F3N2O4S. The zero-order valence-electron chi connectivity index (χ0n) is 13.6. The Morgan fingerprint density at radius 1 is 1.04 bits per heavy atom. The summed E-state index contributed by atoms with van der Waals surface area (Å²) in [6, 6.07) is 6.15. The Balaban J connectivity index is 2.17. The van der Waals surface area contributed by atoms with Gasteiger partial charge in [-0.25, -0.2) is 21.6 Å². The molecule has 26 heavy (non-hydrogen) atoms. The van der Waals surface area contributed by atoms with Crippen LogP contribution in [0.1, 0.15) is 10.4 Å². The molecule has 0 atom stereocenters. The highest BCUT2D eigenvalue weighted by Crippen LogP contribution is 2.23. The van der Waals surface area contributed by atoms with Gasteiger partial charge in [0.15, 0.2) is 17.5 Å². The normalized spacial score (nSPS) is 11.2. The van der Waals surface area contributed by atoms with Crippen molar-refractivity contribution in [2.24, 2.45) is 0 Å². The summed E-state index contributed by atoms with van der Waals surface area (Å²) in [5, 5.41) is 2.56. The number of amides is 1. The molecule has 0 heterocycles. The minimum absolute atomic E-state index is 0.207. The molecular weight excluding hydrogens is 373 g/mol. The number of nitrogens with one attached hydrogen (secondary N) is 2. The monoisotopic (exact) mass is 388 g/mol. The van der Waals surface area contributed by atoms with E-state index >= 15 is 0 Å². The van der Waals surface area contributed by atoms with E-state index in [0.717, 1.165) is 18.2 Å². The molecule has 0 aromatic heterocycles. The number of rotatable bonds is 7. The van der Waals surface area contributed by atoms with E-state index in [2.05, 4.69) is 5.32 Å². The van der Waals surface area contributed by atoms with Crippen LogP contribution in [-0.2, 0) is 14.8 Å². The summed E-state index contributed by atoms with van der Waals surface area (Å²) in [6.45, 7) is 0.605. The molecule has 0 aliphatic heterocycles. The summed E-state index contributed by atoms with van der Waals surface area (Å²) in [4.78, 5) is 11.5.